The van der Waals surface area contributed by atoms with Crippen molar-refractivity contribution in [3.05, 3.63) is 48.4 Å². The second-order valence-electron chi connectivity index (χ2n) is 6.04. The van der Waals surface area contributed by atoms with Gasteiger partial charge in [0.05, 0.1) is 24.1 Å². The fourth-order valence-electron chi connectivity index (χ4n) is 2.85. The van der Waals surface area contributed by atoms with E-state index < -0.39 is 0 Å². The van der Waals surface area contributed by atoms with E-state index in [1.54, 1.807) is 18.5 Å². The highest BCUT2D eigenvalue weighted by Crippen LogP contribution is 2.17. The monoisotopic (exact) mass is 325 g/mol. The van der Waals surface area contributed by atoms with Crippen LogP contribution in [0.5, 0.6) is 0 Å². The molecule has 3 N–H and O–H groups in total. The summed E-state index contributed by atoms with van der Waals surface area (Å²) in [6, 6.07) is 9.62. The van der Waals surface area contributed by atoms with E-state index in [1.807, 2.05) is 24.3 Å². The Morgan fingerprint density at radius 1 is 1.08 bits per heavy atom. The Balaban J connectivity index is 1.46. The van der Waals surface area contributed by atoms with Crippen LogP contribution in [0.15, 0.2) is 42.7 Å². The predicted molar refractivity (Wildman–Crippen MR) is 94.8 cm³/mol. The Kier molecular flexibility index (Phi) is 5.61. The summed E-state index contributed by atoms with van der Waals surface area (Å²) in [6.07, 6.45) is 9.27. The third kappa shape index (κ3) is 4.94. The fourth-order valence-corrected chi connectivity index (χ4v) is 2.85. The normalized spacial score (nSPS) is 14.8. The molecule has 1 fully saturated rings. The first kappa shape index (κ1) is 16.2. The summed E-state index contributed by atoms with van der Waals surface area (Å²) < 4.78 is 0. The molecule has 126 valence electrons. The molecular weight excluding hydrogens is 302 g/mol. The number of carbonyl (C=O) groups excluding carboxylic acids is 1. The maximum Gasteiger partial charge on any atom is 0.320 e. The topological polar surface area (TPSA) is 78.9 Å². The first-order valence-corrected chi connectivity index (χ1v) is 8.47. The van der Waals surface area contributed by atoms with Crippen molar-refractivity contribution in [2.24, 2.45) is 0 Å². The highest BCUT2D eigenvalue weighted by Gasteiger charge is 2.15. The van der Waals surface area contributed by atoms with Crippen molar-refractivity contribution in [3.8, 4) is 0 Å². The van der Waals surface area contributed by atoms with Gasteiger partial charge in [0, 0.05) is 12.2 Å². The average molecular weight is 325 g/mol. The molecule has 2 heterocycles. The van der Waals surface area contributed by atoms with Crippen molar-refractivity contribution in [2.45, 2.75) is 44.7 Å². The maximum absolute atomic E-state index is 12.0. The van der Waals surface area contributed by atoms with E-state index in [9.17, 15) is 4.79 Å². The second-order valence-corrected chi connectivity index (χ2v) is 6.04. The van der Waals surface area contributed by atoms with Gasteiger partial charge in [-0.2, -0.15) is 0 Å². The summed E-state index contributed by atoms with van der Waals surface area (Å²) in [5.41, 5.74) is 1.85. The molecule has 1 aliphatic carbocycles. The molecule has 2 aromatic heterocycles. The first-order chi connectivity index (χ1) is 11.8. The number of anilines is 2. The number of rotatable bonds is 5. The molecule has 6 nitrogen and oxygen atoms in total. The van der Waals surface area contributed by atoms with Gasteiger partial charge in [0.2, 0.25) is 0 Å². The first-order valence-electron chi connectivity index (χ1n) is 8.47. The quantitative estimate of drug-likeness (QED) is 0.785. The summed E-state index contributed by atoms with van der Waals surface area (Å²) >= 11 is 0. The van der Waals surface area contributed by atoms with Crippen molar-refractivity contribution in [2.75, 3.05) is 10.6 Å². The van der Waals surface area contributed by atoms with Crippen LogP contribution in [0.1, 0.15) is 37.8 Å². The summed E-state index contributed by atoms with van der Waals surface area (Å²) in [5, 5.41) is 9.06. The van der Waals surface area contributed by atoms with Gasteiger partial charge in [0.1, 0.15) is 5.82 Å². The minimum atomic E-state index is -0.177. The molecule has 0 saturated heterocycles. The second kappa shape index (κ2) is 8.29. The zero-order valence-corrected chi connectivity index (χ0v) is 13.7. The number of urea groups is 1. The van der Waals surface area contributed by atoms with Gasteiger partial charge in [0.15, 0.2) is 0 Å². The molecule has 0 aliphatic heterocycles. The summed E-state index contributed by atoms with van der Waals surface area (Å²) in [7, 11) is 0. The molecule has 0 radical (unpaired) electrons. The van der Waals surface area contributed by atoms with Gasteiger partial charge in [0.25, 0.3) is 0 Å². The molecule has 2 amide bonds. The van der Waals surface area contributed by atoms with Crippen LogP contribution in [0.3, 0.4) is 0 Å². The van der Waals surface area contributed by atoms with Gasteiger partial charge >= 0.3 is 6.03 Å². The molecule has 1 aliphatic rings. The van der Waals surface area contributed by atoms with Crippen LogP contribution in [0, 0.1) is 0 Å². The van der Waals surface area contributed by atoms with E-state index in [-0.39, 0.29) is 12.1 Å². The molecule has 0 unspecified atom stereocenters. The standard InChI is InChI=1S/C18H23N5O/c24-18(22-14-6-2-1-3-7-14)23-17-10-9-16(13-21-17)20-12-15-8-4-5-11-19-15/h4-5,8-11,13-14,20H,1-3,6-7,12H2,(H2,21,22,23,24). The molecule has 2 aromatic rings. The van der Waals surface area contributed by atoms with Crippen molar-refractivity contribution in [1.29, 1.82) is 0 Å². The third-order valence-corrected chi connectivity index (χ3v) is 4.15. The van der Waals surface area contributed by atoms with Crippen LogP contribution in [-0.2, 0) is 6.54 Å². The van der Waals surface area contributed by atoms with E-state index in [2.05, 4.69) is 25.9 Å². The minimum absolute atomic E-state index is 0.177. The fraction of sp³-hybridized carbons (Fsp3) is 0.389. The van der Waals surface area contributed by atoms with E-state index >= 15 is 0 Å². The number of aromatic nitrogens is 2. The number of nitrogens with zero attached hydrogens (tertiary/aromatic N) is 2. The molecule has 24 heavy (non-hydrogen) atoms. The maximum atomic E-state index is 12.0. The van der Waals surface area contributed by atoms with E-state index in [1.165, 1.54) is 19.3 Å². The van der Waals surface area contributed by atoms with Gasteiger partial charge in [-0.05, 0) is 37.1 Å². The molecule has 0 aromatic carbocycles. The highest BCUT2D eigenvalue weighted by atomic mass is 16.2. The lowest BCUT2D eigenvalue weighted by atomic mass is 9.96. The highest BCUT2D eigenvalue weighted by molar-refractivity contribution is 5.88. The summed E-state index contributed by atoms with van der Waals surface area (Å²) in [6.45, 7) is 0.636. The van der Waals surface area contributed by atoms with E-state index in [0.29, 0.717) is 12.4 Å². The molecule has 1 saturated carbocycles. The van der Waals surface area contributed by atoms with Crippen LogP contribution in [-0.4, -0.2) is 22.0 Å². The zero-order valence-electron chi connectivity index (χ0n) is 13.7. The molecule has 6 heteroatoms. The Bertz CT molecular complexity index is 638. The van der Waals surface area contributed by atoms with Gasteiger partial charge in [-0.3, -0.25) is 10.3 Å². The van der Waals surface area contributed by atoms with Crippen LogP contribution in [0.2, 0.25) is 0 Å². The zero-order chi connectivity index (χ0) is 16.6. The number of carbonyl (C=O) groups is 1. The molecule has 3 rings (SSSR count). The third-order valence-electron chi connectivity index (χ3n) is 4.15. The van der Waals surface area contributed by atoms with Crippen LogP contribution >= 0.6 is 0 Å². The number of amides is 2. The number of hydrogen-bond acceptors (Lipinski definition) is 4. The minimum Gasteiger partial charge on any atom is -0.378 e. The molecule has 0 atom stereocenters. The number of hydrogen-bond donors (Lipinski definition) is 3. The van der Waals surface area contributed by atoms with Crippen LogP contribution in [0.4, 0.5) is 16.3 Å². The largest absolute Gasteiger partial charge is 0.378 e. The lowest BCUT2D eigenvalue weighted by Gasteiger charge is -2.22. The smallest absolute Gasteiger partial charge is 0.320 e. The number of nitrogens with one attached hydrogen (secondary N) is 3. The van der Waals surface area contributed by atoms with Crippen molar-refractivity contribution < 1.29 is 4.79 Å². The molecular formula is C18H23N5O. The van der Waals surface area contributed by atoms with Crippen molar-refractivity contribution in [3.63, 3.8) is 0 Å². The number of pyridine rings is 2. The van der Waals surface area contributed by atoms with Gasteiger partial charge < -0.3 is 10.6 Å². The van der Waals surface area contributed by atoms with Crippen LogP contribution < -0.4 is 16.0 Å². The molecule has 0 bridgehead atoms. The van der Waals surface area contributed by atoms with Crippen molar-refractivity contribution >= 4 is 17.5 Å². The Labute approximate surface area is 142 Å². The Morgan fingerprint density at radius 3 is 2.67 bits per heavy atom. The van der Waals surface area contributed by atoms with Gasteiger partial charge in [-0.15, -0.1) is 0 Å². The summed E-state index contributed by atoms with van der Waals surface area (Å²) in [4.78, 5) is 20.5. The summed E-state index contributed by atoms with van der Waals surface area (Å²) in [5.74, 6) is 0.548. The van der Waals surface area contributed by atoms with E-state index in [4.69, 9.17) is 0 Å². The van der Waals surface area contributed by atoms with E-state index in [0.717, 1.165) is 24.2 Å². The van der Waals surface area contributed by atoms with Crippen LogP contribution in [0.25, 0.3) is 0 Å². The predicted octanol–water partition coefficient (Wildman–Crippen LogP) is 3.54. The Morgan fingerprint density at radius 2 is 1.96 bits per heavy atom. The van der Waals surface area contributed by atoms with Crippen molar-refractivity contribution in [1.82, 2.24) is 15.3 Å². The SMILES string of the molecule is O=C(Nc1ccc(NCc2ccccn2)cn1)NC1CCCCC1. The lowest BCUT2D eigenvalue weighted by Crippen LogP contribution is -2.39. The Hall–Kier alpha value is -2.63. The van der Waals surface area contributed by atoms with Gasteiger partial charge in [-0.25, -0.2) is 9.78 Å². The molecule has 0 spiro atoms. The average Bonchev–Trinajstić information content (AvgIpc) is 2.63. The lowest BCUT2D eigenvalue weighted by molar-refractivity contribution is 0.244. The van der Waals surface area contributed by atoms with Gasteiger partial charge in [-0.1, -0.05) is 25.3 Å².